The summed E-state index contributed by atoms with van der Waals surface area (Å²) in [5.41, 5.74) is 4.35. The Morgan fingerprint density at radius 2 is 1.97 bits per heavy atom. The van der Waals surface area contributed by atoms with E-state index in [1.54, 1.807) is 17.0 Å². The third-order valence-electron chi connectivity index (χ3n) is 6.71. The van der Waals surface area contributed by atoms with Gasteiger partial charge in [0.15, 0.2) is 17.1 Å². The lowest BCUT2D eigenvalue weighted by atomic mass is 10.1. The first kappa shape index (κ1) is 20.0. The van der Waals surface area contributed by atoms with Crippen molar-refractivity contribution in [3.05, 3.63) is 76.3 Å². The molecule has 0 saturated carbocycles. The van der Waals surface area contributed by atoms with E-state index in [-0.39, 0.29) is 11.7 Å². The van der Waals surface area contributed by atoms with Crippen molar-refractivity contribution >= 4 is 27.9 Å². The van der Waals surface area contributed by atoms with Crippen LogP contribution in [-0.2, 0) is 12.8 Å². The van der Waals surface area contributed by atoms with E-state index < -0.39 is 0 Å². The molecule has 2 aromatic carbocycles. The van der Waals surface area contributed by atoms with Crippen LogP contribution in [0.15, 0.2) is 59.7 Å². The van der Waals surface area contributed by atoms with E-state index in [1.165, 1.54) is 11.1 Å². The number of para-hydroxylation sites is 2. The highest BCUT2D eigenvalue weighted by atomic mass is 16.6. The van der Waals surface area contributed by atoms with Crippen LogP contribution in [-0.4, -0.2) is 44.0 Å². The number of anilines is 1. The standard InChI is InChI=1S/C26H22N6O3/c33-25-20-13-29-31-23(20)19-12-28-26(27-11-18-14-34-21-6-1-2-7-22(21)35-18)30-24(19)32(25)17-9-8-15-4-3-5-16(15)10-17/h1-2,6-10,12-13,18H,3-5,11,14H2,(H,29,31)(H,27,28,30)/t18-/m0/s1. The summed E-state index contributed by atoms with van der Waals surface area (Å²) in [4.78, 5) is 22.8. The molecule has 3 aromatic heterocycles. The zero-order chi connectivity index (χ0) is 23.4. The summed E-state index contributed by atoms with van der Waals surface area (Å²) in [6.45, 7) is 0.874. The number of fused-ring (bicyclic) bond motifs is 5. The van der Waals surface area contributed by atoms with Crippen molar-refractivity contribution in [1.29, 1.82) is 0 Å². The van der Waals surface area contributed by atoms with Gasteiger partial charge in [-0.3, -0.25) is 14.5 Å². The predicted octanol–water partition coefficient (Wildman–Crippen LogP) is 3.40. The fourth-order valence-corrected chi connectivity index (χ4v) is 4.98. The van der Waals surface area contributed by atoms with Crippen molar-refractivity contribution in [2.75, 3.05) is 18.5 Å². The van der Waals surface area contributed by atoms with Crippen LogP contribution in [0.2, 0.25) is 0 Å². The van der Waals surface area contributed by atoms with Crippen molar-refractivity contribution in [2.45, 2.75) is 25.4 Å². The van der Waals surface area contributed by atoms with Crippen molar-refractivity contribution in [2.24, 2.45) is 0 Å². The Bertz CT molecular complexity index is 1660. The van der Waals surface area contributed by atoms with Gasteiger partial charge in [-0.15, -0.1) is 0 Å². The summed E-state index contributed by atoms with van der Waals surface area (Å²) in [7, 11) is 0. The third kappa shape index (κ3) is 3.30. The number of rotatable bonds is 4. The second-order valence-electron chi connectivity index (χ2n) is 8.90. The molecular formula is C26H22N6O3. The first-order valence-electron chi connectivity index (χ1n) is 11.7. The monoisotopic (exact) mass is 466 g/mol. The third-order valence-corrected chi connectivity index (χ3v) is 6.71. The average Bonchev–Trinajstić information content (AvgIpc) is 3.57. The fourth-order valence-electron chi connectivity index (χ4n) is 4.98. The summed E-state index contributed by atoms with van der Waals surface area (Å²) in [6, 6.07) is 13.8. The first-order valence-corrected chi connectivity index (χ1v) is 11.7. The highest BCUT2D eigenvalue weighted by Gasteiger charge is 2.22. The molecule has 1 aliphatic heterocycles. The SMILES string of the molecule is O=c1c2c[nH]nc2c2cnc(NC[C@H]3COc4ccccc4O3)nc2n1-c1ccc2c(c1)CCC2. The van der Waals surface area contributed by atoms with E-state index in [2.05, 4.69) is 32.6 Å². The minimum atomic E-state index is -0.197. The van der Waals surface area contributed by atoms with Crippen LogP contribution < -0.4 is 20.3 Å². The first-order chi connectivity index (χ1) is 17.2. The molecule has 0 fully saturated rings. The summed E-state index contributed by atoms with van der Waals surface area (Å²) in [5.74, 6) is 1.87. The molecule has 0 radical (unpaired) electrons. The number of H-pyrrole nitrogens is 1. The number of nitrogens with one attached hydrogen (secondary N) is 2. The molecule has 0 saturated heterocycles. The smallest absolute Gasteiger partial charge is 0.267 e. The Kier molecular flexibility index (Phi) is 4.48. The van der Waals surface area contributed by atoms with Gasteiger partial charge in [-0.05, 0) is 54.7 Å². The summed E-state index contributed by atoms with van der Waals surface area (Å²) in [5, 5.41) is 11.6. The van der Waals surface area contributed by atoms with Crippen LogP contribution in [0, 0.1) is 0 Å². The molecule has 2 aliphatic rings. The Hall–Kier alpha value is -4.40. The van der Waals surface area contributed by atoms with Gasteiger partial charge in [0.2, 0.25) is 5.95 Å². The Balaban J connectivity index is 1.27. The lowest BCUT2D eigenvalue weighted by molar-refractivity contribution is 0.0996. The number of aromatic nitrogens is 5. The minimum Gasteiger partial charge on any atom is -0.486 e. The molecule has 1 aliphatic carbocycles. The molecule has 1 atom stereocenters. The van der Waals surface area contributed by atoms with E-state index in [0.717, 1.165) is 36.4 Å². The molecule has 5 aromatic rings. The molecule has 0 amide bonds. The molecular weight excluding hydrogens is 444 g/mol. The highest BCUT2D eigenvalue weighted by Crippen LogP contribution is 2.31. The summed E-state index contributed by atoms with van der Waals surface area (Å²) >= 11 is 0. The quantitative estimate of drug-likeness (QED) is 0.418. The molecule has 9 heteroatoms. The van der Waals surface area contributed by atoms with Crippen LogP contribution in [0.25, 0.3) is 27.6 Å². The van der Waals surface area contributed by atoms with Gasteiger partial charge in [0, 0.05) is 12.4 Å². The zero-order valence-corrected chi connectivity index (χ0v) is 18.8. The van der Waals surface area contributed by atoms with E-state index >= 15 is 0 Å². The van der Waals surface area contributed by atoms with Crippen molar-refractivity contribution < 1.29 is 9.47 Å². The Morgan fingerprint density at radius 3 is 2.91 bits per heavy atom. The van der Waals surface area contributed by atoms with E-state index in [4.69, 9.17) is 14.5 Å². The van der Waals surface area contributed by atoms with E-state index in [1.807, 2.05) is 30.3 Å². The number of aryl methyl sites for hydroxylation is 2. The molecule has 7 rings (SSSR count). The van der Waals surface area contributed by atoms with Gasteiger partial charge >= 0.3 is 0 Å². The number of benzene rings is 2. The van der Waals surface area contributed by atoms with Gasteiger partial charge in [0.1, 0.15) is 18.2 Å². The predicted molar refractivity (Wildman–Crippen MR) is 132 cm³/mol. The lowest BCUT2D eigenvalue weighted by Gasteiger charge is -2.26. The topological polar surface area (TPSA) is 107 Å². The second kappa shape index (κ2) is 7.83. The van der Waals surface area contributed by atoms with Crippen molar-refractivity contribution in [3.8, 4) is 17.2 Å². The molecule has 9 nitrogen and oxygen atoms in total. The number of hydrogen-bond acceptors (Lipinski definition) is 7. The van der Waals surface area contributed by atoms with Gasteiger partial charge in [-0.25, -0.2) is 4.98 Å². The molecule has 35 heavy (non-hydrogen) atoms. The van der Waals surface area contributed by atoms with Crippen LogP contribution in [0.3, 0.4) is 0 Å². The summed E-state index contributed by atoms with van der Waals surface area (Å²) in [6.07, 6.45) is 6.40. The number of aromatic amines is 1. The number of pyridine rings is 1. The maximum absolute atomic E-state index is 13.5. The maximum Gasteiger partial charge on any atom is 0.267 e. The van der Waals surface area contributed by atoms with Crippen molar-refractivity contribution in [1.82, 2.24) is 24.7 Å². The molecule has 174 valence electrons. The lowest BCUT2D eigenvalue weighted by Crippen LogP contribution is -2.35. The van der Waals surface area contributed by atoms with Crippen LogP contribution >= 0.6 is 0 Å². The Labute approximate surface area is 199 Å². The molecule has 0 bridgehead atoms. The fraction of sp³-hybridized carbons (Fsp3) is 0.231. The van der Waals surface area contributed by atoms with Crippen LogP contribution in [0.4, 0.5) is 5.95 Å². The van der Waals surface area contributed by atoms with Gasteiger partial charge in [-0.2, -0.15) is 10.1 Å². The number of ether oxygens (including phenoxy) is 2. The normalized spacial score (nSPS) is 16.5. The average molecular weight is 467 g/mol. The van der Waals surface area contributed by atoms with Crippen LogP contribution in [0.1, 0.15) is 17.5 Å². The van der Waals surface area contributed by atoms with Gasteiger partial charge < -0.3 is 14.8 Å². The van der Waals surface area contributed by atoms with Gasteiger partial charge in [0.05, 0.1) is 23.0 Å². The Morgan fingerprint density at radius 1 is 1.09 bits per heavy atom. The molecule has 2 N–H and O–H groups in total. The van der Waals surface area contributed by atoms with E-state index in [0.29, 0.717) is 41.0 Å². The number of nitrogens with zero attached hydrogens (tertiary/aromatic N) is 4. The van der Waals surface area contributed by atoms with Crippen LogP contribution in [0.5, 0.6) is 11.5 Å². The molecule has 4 heterocycles. The second-order valence-corrected chi connectivity index (χ2v) is 8.90. The number of hydrogen-bond donors (Lipinski definition) is 2. The minimum absolute atomic E-state index is 0.163. The molecule has 0 unspecified atom stereocenters. The largest absolute Gasteiger partial charge is 0.486 e. The highest BCUT2D eigenvalue weighted by molar-refractivity contribution is 6.02. The van der Waals surface area contributed by atoms with Gasteiger partial charge in [0.25, 0.3) is 5.56 Å². The van der Waals surface area contributed by atoms with Gasteiger partial charge in [-0.1, -0.05) is 18.2 Å². The van der Waals surface area contributed by atoms with Crippen molar-refractivity contribution in [3.63, 3.8) is 0 Å². The van der Waals surface area contributed by atoms with E-state index in [9.17, 15) is 4.79 Å². The summed E-state index contributed by atoms with van der Waals surface area (Å²) < 4.78 is 13.5. The maximum atomic E-state index is 13.5. The zero-order valence-electron chi connectivity index (χ0n) is 18.8. The molecule has 0 spiro atoms.